The topological polar surface area (TPSA) is 35.2 Å². The van der Waals surface area contributed by atoms with Gasteiger partial charge in [0.2, 0.25) is 0 Å². The van der Waals surface area contributed by atoms with Crippen LogP contribution in [-0.2, 0) is 12.8 Å². The van der Waals surface area contributed by atoms with Crippen molar-refractivity contribution < 1.29 is 22.3 Å². The first kappa shape index (κ1) is 14.2. The van der Waals surface area contributed by atoms with Crippen LogP contribution in [-0.4, -0.2) is 0 Å². The van der Waals surface area contributed by atoms with Crippen molar-refractivity contribution in [3.63, 3.8) is 0 Å². The molecule has 6 heteroatoms. The minimum Gasteiger partial charge on any atom is -0.489 e. The summed E-state index contributed by atoms with van der Waals surface area (Å²) < 4.78 is 56.5. The van der Waals surface area contributed by atoms with E-state index >= 15 is 0 Å². The van der Waals surface area contributed by atoms with E-state index in [1.165, 1.54) is 24.3 Å². The highest BCUT2D eigenvalue weighted by Gasteiger charge is 2.33. The van der Waals surface area contributed by atoms with E-state index in [9.17, 15) is 17.6 Å². The largest absolute Gasteiger partial charge is 0.489 e. The number of benzene rings is 2. The standard InChI is InChI=1S/C14H11F4NO/c15-12-4-2-1-3-9(12)8-20-10-5-6-13(19)11(7-10)14(16,17)18/h1-7H,8,19H2. The lowest BCUT2D eigenvalue weighted by Crippen LogP contribution is -2.09. The first-order valence-corrected chi connectivity index (χ1v) is 5.71. The zero-order valence-electron chi connectivity index (χ0n) is 10.2. The molecule has 2 N–H and O–H groups in total. The van der Waals surface area contributed by atoms with E-state index in [0.29, 0.717) is 0 Å². The Morgan fingerprint density at radius 1 is 1.05 bits per heavy atom. The second kappa shape index (κ2) is 5.40. The average Bonchev–Trinajstić information content (AvgIpc) is 2.38. The number of alkyl halides is 3. The van der Waals surface area contributed by atoms with Crippen LogP contribution in [0, 0.1) is 5.82 Å². The third-order valence-corrected chi connectivity index (χ3v) is 2.68. The summed E-state index contributed by atoms with van der Waals surface area (Å²) in [5.74, 6) is -0.492. The Bertz CT molecular complexity index is 610. The van der Waals surface area contributed by atoms with Gasteiger partial charge in [-0.05, 0) is 24.3 Å². The number of hydrogen-bond acceptors (Lipinski definition) is 2. The van der Waals surface area contributed by atoms with E-state index in [2.05, 4.69) is 0 Å². The first-order chi connectivity index (χ1) is 9.38. The highest BCUT2D eigenvalue weighted by atomic mass is 19.4. The molecule has 0 fully saturated rings. The molecule has 0 amide bonds. The normalized spacial score (nSPS) is 11.4. The second-order valence-corrected chi connectivity index (χ2v) is 4.13. The molecule has 0 saturated carbocycles. The minimum absolute atomic E-state index is 0.0187. The van der Waals surface area contributed by atoms with Crippen LogP contribution in [0.5, 0.6) is 5.75 Å². The molecule has 0 spiro atoms. The number of halogens is 4. The number of nitrogen functional groups attached to an aromatic ring is 1. The van der Waals surface area contributed by atoms with Crippen LogP contribution in [0.15, 0.2) is 42.5 Å². The summed E-state index contributed by atoms with van der Waals surface area (Å²) >= 11 is 0. The monoisotopic (exact) mass is 285 g/mol. The van der Waals surface area contributed by atoms with Crippen molar-refractivity contribution in [1.29, 1.82) is 0 Å². The molecule has 0 unspecified atom stereocenters. The van der Waals surface area contributed by atoms with Crippen LogP contribution in [0.2, 0.25) is 0 Å². The number of anilines is 1. The van der Waals surface area contributed by atoms with Crippen molar-refractivity contribution in [2.45, 2.75) is 12.8 Å². The zero-order valence-corrected chi connectivity index (χ0v) is 10.2. The maximum atomic E-state index is 13.3. The van der Waals surface area contributed by atoms with Crippen molar-refractivity contribution in [2.24, 2.45) is 0 Å². The number of rotatable bonds is 3. The van der Waals surface area contributed by atoms with Gasteiger partial charge in [-0.1, -0.05) is 18.2 Å². The third-order valence-electron chi connectivity index (χ3n) is 2.68. The summed E-state index contributed by atoms with van der Waals surface area (Å²) in [5, 5.41) is 0. The molecular formula is C14H11F4NO. The molecule has 0 aliphatic heterocycles. The lowest BCUT2D eigenvalue weighted by Gasteiger charge is -2.13. The van der Waals surface area contributed by atoms with Gasteiger partial charge in [0.15, 0.2) is 0 Å². The van der Waals surface area contributed by atoms with Crippen molar-refractivity contribution in [3.05, 3.63) is 59.4 Å². The molecule has 0 radical (unpaired) electrons. The summed E-state index contributed by atoms with van der Waals surface area (Å²) in [4.78, 5) is 0. The van der Waals surface area contributed by atoms with Gasteiger partial charge in [-0.15, -0.1) is 0 Å². The van der Waals surface area contributed by atoms with E-state index in [1.807, 2.05) is 0 Å². The van der Waals surface area contributed by atoms with E-state index in [1.54, 1.807) is 6.07 Å². The molecule has 106 valence electrons. The summed E-state index contributed by atoms with van der Waals surface area (Å²) in [6, 6.07) is 9.11. The summed E-state index contributed by atoms with van der Waals surface area (Å²) in [7, 11) is 0. The van der Waals surface area contributed by atoms with Gasteiger partial charge in [-0.25, -0.2) is 4.39 Å². The van der Waals surface area contributed by atoms with E-state index < -0.39 is 17.6 Å². The van der Waals surface area contributed by atoms with Gasteiger partial charge >= 0.3 is 6.18 Å². The SMILES string of the molecule is Nc1ccc(OCc2ccccc2F)cc1C(F)(F)F. The molecular weight excluding hydrogens is 274 g/mol. The predicted octanol–water partition coefficient (Wildman–Crippen LogP) is 4.01. The molecule has 2 aromatic rings. The fourth-order valence-electron chi connectivity index (χ4n) is 1.65. The Kier molecular flexibility index (Phi) is 3.83. The van der Waals surface area contributed by atoms with E-state index in [4.69, 9.17) is 10.5 Å². The van der Waals surface area contributed by atoms with Gasteiger partial charge in [0.25, 0.3) is 0 Å². The van der Waals surface area contributed by atoms with Gasteiger partial charge in [-0.2, -0.15) is 13.2 Å². The molecule has 2 nitrogen and oxygen atoms in total. The quantitative estimate of drug-likeness (QED) is 0.683. The predicted molar refractivity (Wildman–Crippen MR) is 66.6 cm³/mol. The number of ether oxygens (including phenoxy) is 1. The van der Waals surface area contributed by atoms with Crippen molar-refractivity contribution in [3.8, 4) is 5.75 Å². The summed E-state index contributed by atoms with van der Waals surface area (Å²) in [6.45, 7) is -0.159. The number of nitrogens with two attached hydrogens (primary N) is 1. The Morgan fingerprint density at radius 2 is 1.75 bits per heavy atom. The van der Waals surface area contributed by atoms with Crippen molar-refractivity contribution in [1.82, 2.24) is 0 Å². The molecule has 0 saturated heterocycles. The first-order valence-electron chi connectivity index (χ1n) is 5.71. The van der Waals surface area contributed by atoms with E-state index in [-0.39, 0.29) is 23.6 Å². The fourth-order valence-corrected chi connectivity index (χ4v) is 1.65. The minimum atomic E-state index is -4.55. The van der Waals surface area contributed by atoms with Crippen LogP contribution in [0.4, 0.5) is 23.2 Å². The smallest absolute Gasteiger partial charge is 0.418 e. The highest BCUT2D eigenvalue weighted by Crippen LogP contribution is 2.35. The maximum absolute atomic E-state index is 13.3. The molecule has 0 atom stereocenters. The lowest BCUT2D eigenvalue weighted by atomic mass is 10.1. The second-order valence-electron chi connectivity index (χ2n) is 4.13. The molecule has 2 aromatic carbocycles. The maximum Gasteiger partial charge on any atom is 0.418 e. The summed E-state index contributed by atoms with van der Waals surface area (Å²) in [5.41, 5.74) is 4.19. The Hall–Kier alpha value is -2.24. The van der Waals surface area contributed by atoms with Crippen LogP contribution in [0.3, 0.4) is 0 Å². The van der Waals surface area contributed by atoms with Crippen LogP contribution < -0.4 is 10.5 Å². The zero-order chi connectivity index (χ0) is 14.8. The van der Waals surface area contributed by atoms with Crippen molar-refractivity contribution >= 4 is 5.69 Å². The summed E-state index contributed by atoms with van der Waals surface area (Å²) in [6.07, 6.45) is -4.55. The average molecular weight is 285 g/mol. The molecule has 20 heavy (non-hydrogen) atoms. The molecule has 0 aliphatic rings. The van der Waals surface area contributed by atoms with Gasteiger partial charge in [0, 0.05) is 11.3 Å². The Morgan fingerprint density at radius 3 is 2.40 bits per heavy atom. The van der Waals surface area contributed by atoms with Gasteiger partial charge in [0.1, 0.15) is 18.2 Å². The molecule has 0 aliphatic carbocycles. The van der Waals surface area contributed by atoms with Gasteiger partial charge in [-0.3, -0.25) is 0 Å². The number of hydrogen-bond donors (Lipinski definition) is 1. The van der Waals surface area contributed by atoms with E-state index in [0.717, 1.165) is 12.1 Å². The van der Waals surface area contributed by atoms with Gasteiger partial charge < -0.3 is 10.5 Å². The van der Waals surface area contributed by atoms with Crippen LogP contribution >= 0.6 is 0 Å². The fraction of sp³-hybridized carbons (Fsp3) is 0.143. The lowest BCUT2D eigenvalue weighted by molar-refractivity contribution is -0.137. The molecule has 0 aromatic heterocycles. The Balaban J connectivity index is 2.17. The molecule has 0 heterocycles. The van der Waals surface area contributed by atoms with Crippen molar-refractivity contribution in [2.75, 3.05) is 5.73 Å². The molecule has 0 bridgehead atoms. The third kappa shape index (κ3) is 3.20. The van der Waals surface area contributed by atoms with Crippen LogP contribution in [0.1, 0.15) is 11.1 Å². The Labute approximate surface area is 112 Å². The van der Waals surface area contributed by atoms with Crippen LogP contribution in [0.25, 0.3) is 0 Å². The highest BCUT2D eigenvalue weighted by molar-refractivity contribution is 5.52. The van der Waals surface area contributed by atoms with Gasteiger partial charge in [0.05, 0.1) is 5.56 Å². The molecule has 2 rings (SSSR count).